The van der Waals surface area contributed by atoms with Crippen molar-refractivity contribution in [2.24, 2.45) is 0 Å². The van der Waals surface area contributed by atoms with Crippen molar-refractivity contribution in [3.63, 3.8) is 0 Å². The molecular formula is C22H28FN3O3. The Kier molecular flexibility index (Phi) is 7.43. The average molecular weight is 401 g/mol. The molecule has 2 aromatic rings. The van der Waals surface area contributed by atoms with E-state index in [1.165, 1.54) is 6.07 Å². The van der Waals surface area contributed by atoms with Gasteiger partial charge in [0.25, 0.3) is 0 Å². The lowest BCUT2D eigenvalue weighted by atomic mass is 10.2. The number of carbonyl (C=O) groups is 1. The summed E-state index contributed by atoms with van der Waals surface area (Å²) in [5, 5.41) is 2.66. The number of aryl methyl sites for hydroxylation is 1. The number of nitrogens with one attached hydrogen (secondary N) is 1. The van der Waals surface area contributed by atoms with Crippen LogP contribution in [0.1, 0.15) is 5.56 Å². The molecule has 0 unspecified atom stereocenters. The fourth-order valence-electron chi connectivity index (χ4n) is 3.25. The third kappa shape index (κ3) is 6.44. The van der Waals surface area contributed by atoms with E-state index in [0.29, 0.717) is 6.61 Å². The molecule has 6 nitrogen and oxygen atoms in total. The van der Waals surface area contributed by atoms with Gasteiger partial charge in [-0.15, -0.1) is 0 Å². The van der Waals surface area contributed by atoms with Crippen LogP contribution in [-0.4, -0.2) is 68.7 Å². The summed E-state index contributed by atoms with van der Waals surface area (Å²) in [6, 6.07) is 12.3. The monoisotopic (exact) mass is 401 g/mol. The zero-order chi connectivity index (χ0) is 20.6. The molecule has 1 fully saturated rings. The minimum atomic E-state index is -0.403. The third-order valence-electron chi connectivity index (χ3n) is 4.97. The van der Waals surface area contributed by atoms with E-state index in [2.05, 4.69) is 15.1 Å². The molecule has 0 radical (unpaired) electrons. The number of halogens is 1. The van der Waals surface area contributed by atoms with Gasteiger partial charge in [0.05, 0.1) is 19.3 Å². The van der Waals surface area contributed by atoms with Crippen LogP contribution in [0.2, 0.25) is 0 Å². The predicted octanol–water partition coefficient (Wildman–Crippen LogP) is 2.78. The van der Waals surface area contributed by atoms with Crippen LogP contribution in [-0.2, 0) is 4.79 Å². The van der Waals surface area contributed by atoms with Crippen molar-refractivity contribution in [2.75, 3.05) is 58.3 Å². The van der Waals surface area contributed by atoms with Crippen molar-refractivity contribution in [3.05, 3.63) is 53.8 Å². The maximum atomic E-state index is 13.9. The lowest BCUT2D eigenvalue weighted by Gasteiger charge is -2.34. The Bertz CT molecular complexity index is 805. The predicted molar refractivity (Wildman–Crippen MR) is 111 cm³/mol. The highest BCUT2D eigenvalue weighted by atomic mass is 19.1. The van der Waals surface area contributed by atoms with Gasteiger partial charge in [0, 0.05) is 32.7 Å². The smallest absolute Gasteiger partial charge is 0.238 e. The molecule has 1 amide bonds. The van der Waals surface area contributed by atoms with Gasteiger partial charge in [0.2, 0.25) is 5.91 Å². The average Bonchev–Trinajstić information content (AvgIpc) is 2.72. The molecular weight excluding hydrogens is 373 g/mol. The van der Waals surface area contributed by atoms with Crippen LogP contribution in [0.3, 0.4) is 0 Å². The van der Waals surface area contributed by atoms with Gasteiger partial charge in [-0.25, -0.2) is 4.39 Å². The first-order valence-corrected chi connectivity index (χ1v) is 9.81. The summed E-state index contributed by atoms with van der Waals surface area (Å²) in [6.07, 6.45) is 0. The molecule has 1 aliphatic rings. The summed E-state index contributed by atoms with van der Waals surface area (Å²) in [5.41, 5.74) is 1.06. The SMILES string of the molecule is COc1ccc(OCCN2CCN(CC(=O)Nc3ccc(C)cc3F)CC2)cc1. The van der Waals surface area contributed by atoms with Crippen molar-refractivity contribution < 1.29 is 18.7 Å². The molecule has 29 heavy (non-hydrogen) atoms. The van der Waals surface area contributed by atoms with E-state index < -0.39 is 5.82 Å². The Hall–Kier alpha value is -2.64. The summed E-state index contributed by atoms with van der Waals surface area (Å²) in [5.74, 6) is 1.04. The van der Waals surface area contributed by atoms with Crippen LogP contribution >= 0.6 is 0 Å². The largest absolute Gasteiger partial charge is 0.497 e. The minimum Gasteiger partial charge on any atom is -0.497 e. The number of ether oxygens (including phenoxy) is 2. The van der Waals surface area contributed by atoms with Crippen molar-refractivity contribution in [1.29, 1.82) is 0 Å². The molecule has 2 aromatic carbocycles. The topological polar surface area (TPSA) is 54.0 Å². The summed E-state index contributed by atoms with van der Waals surface area (Å²) >= 11 is 0. The Morgan fingerprint density at radius 3 is 2.34 bits per heavy atom. The van der Waals surface area contributed by atoms with Gasteiger partial charge in [0.15, 0.2) is 0 Å². The molecule has 1 heterocycles. The normalized spacial score (nSPS) is 15.1. The summed E-state index contributed by atoms with van der Waals surface area (Å²) in [4.78, 5) is 16.6. The van der Waals surface area contributed by atoms with Crippen LogP contribution < -0.4 is 14.8 Å². The van der Waals surface area contributed by atoms with Gasteiger partial charge in [0.1, 0.15) is 23.9 Å². The first-order chi connectivity index (χ1) is 14.0. The van der Waals surface area contributed by atoms with E-state index in [0.717, 1.165) is 49.8 Å². The van der Waals surface area contributed by atoms with Gasteiger partial charge in [-0.2, -0.15) is 0 Å². The van der Waals surface area contributed by atoms with E-state index in [9.17, 15) is 9.18 Å². The van der Waals surface area contributed by atoms with Crippen LogP contribution in [0.25, 0.3) is 0 Å². The Balaban J connectivity index is 1.34. The van der Waals surface area contributed by atoms with E-state index in [1.54, 1.807) is 19.2 Å². The molecule has 0 aliphatic carbocycles. The number of rotatable bonds is 8. The van der Waals surface area contributed by atoms with Gasteiger partial charge in [-0.05, 0) is 48.9 Å². The number of hydrogen-bond donors (Lipinski definition) is 1. The van der Waals surface area contributed by atoms with Gasteiger partial charge < -0.3 is 14.8 Å². The zero-order valence-electron chi connectivity index (χ0n) is 17.0. The van der Waals surface area contributed by atoms with E-state index in [4.69, 9.17) is 9.47 Å². The molecule has 1 N–H and O–H groups in total. The molecule has 0 saturated carbocycles. The Morgan fingerprint density at radius 2 is 1.69 bits per heavy atom. The van der Waals surface area contributed by atoms with Crippen LogP contribution in [0.4, 0.5) is 10.1 Å². The number of hydrogen-bond acceptors (Lipinski definition) is 5. The van der Waals surface area contributed by atoms with Crippen molar-refractivity contribution in [1.82, 2.24) is 9.80 Å². The van der Waals surface area contributed by atoms with E-state index >= 15 is 0 Å². The van der Waals surface area contributed by atoms with Gasteiger partial charge in [-0.1, -0.05) is 6.07 Å². The molecule has 3 rings (SSSR count). The van der Waals surface area contributed by atoms with Crippen LogP contribution in [0.15, 0.2) is 42.5 Å². The molecule has 1 saturated heterocycles. The lowest BCUT2D eigenvalue weighted by molar-refractivity contribution is -0.117. The standard InChI is InChI=1S/C22H28FN3O3/c1-17-3-8-21(20(23)15-17)24-22(27)16-26-11-9-25(10-12-26)13-14-29-19-6-4-18(28-2)5-7-19/h3-8,15H,9-14,16H2,1-2H3,(H,24,27). The Morgan fingerprint density at radius 1 is 1.03 bits per heavy atom. The second kappa shape index (κ2) is 10.2. The summed E-state index contributed by atoms with van der Waals surface area (Å²) in [7, 11) is 1.64. The van der Waals surface area contributed by atoms with E-state index in [-0.39, 0.29) is 18.1 Å². The van der Waals surface area contributed by atoms with Crippen molar-refractivity contribution in [3.8, 4) is 11.5 Å². The first-order valence-electron chi connectivity index (χ1n) is 9.81. The first kappa shape index (κ1) is 21.1. The molecule has 0 aromatic heterocycles. The molecule has 0 atom stereocenters. The molecule has 0 bridgehead atoms. The fraction of sp³-hybridized carbons (Fsp3) is 0.409. The van der Waals surface area contributed by atoms with Gasteiger partial charge in [-0.3, -0.25) is 14.6 Å². The second-order valence-electron chi connectivity index (χ2n) is 7.17. The molecule has 1 aliphatic heterocycles. The summed E-state index contributed by atoms with van der Waals surface area (Å²) < 4.78 is 24.8. The minimum absolute atomic E-state index is 0.191. The highest BCUT2D eigenvalue weighted by Gasteiger charge is 2.19. The highest BCUT2D eigenvalue weighted by Crippen LogP contribution is 2.17. The lowest BCUT2D eigenvalue weighted by Crippen LogP contribution is -2.49. The number of nitrogens with zero attached hydrogens (tertiary/aromatic N) is 2. The van der Waals surface area contributed by atoms with Crippen LogP contribution in [0.5, 0.6) is 11.5 Å². The van der Waals surface area contributed by atoms with Crippen LogP contribution in [0, 0.1) is 12.7 Å². The maximum Gasteiger partial charge on any atom is 0.238 e. The number of piperazine rings is 1. The maximum absolute atomic E-state index is 13.9. The highest BCUT2D eigenvalue weighted by molar-refractivity contribution is 5.92. The van der Waals surface area contributed by atoms with Crippen molar-refractivity contribution >= 4 is 11.6 Å². The molecule has 156 valence electrons. The number of benzene rings is 2. The quantitative estimate of drug-likeness (QED) is 0.737. The fourth-order valence-corrected chi connectivity index (χ4v) is 3.25. The number of methoxy groups -OCH3 is 1. The van der Waals surface area contributed by atoms with E-state index in [1.807, 2.05) is 31.2 Å². The van der Waals surface area contributed by atoms with Crippen molar-refractivity contribution in [2.45, 2.75) is 6.92 Å². The zero-order valence-corrected chi connectivity index (χ0v) is 17.0. The molecule has 0 spiro atoms. The number of amides is 1. The van der Waals surface area contributed by atoms with Gasteiger partial charge >= 0.3 is 0 Å². The molecule has 7 heteroatoms. The Labute approximate surface area is 171 Å². The summed E-state index contributed by atoms with van der Waals surface area (Å²) in [6.45, 7) is 6.87. The number of carbonyl (C=O) groups excluding carboxylic acids is 1. The second-order valence-corrected chi connectivity index (χ2v) is 7.17. The third-order valence-corrected chi connectivity index (χ3v) is 4.97. The number of anilines is 1.